The van der Waals surface area contributed by atoms with Crippen LogP contribution in [0.25, 0.3) is 39.4 Å². The normalized spacial score (nSPS) is 11.4. The Bertz CT molecular complexity index is 1270. The topological polar surface area (TPSA) is 46.9 Å². The van der Waals surface area contributed by atoms with Crippen molar-refractivity contribution >= 4 is 28.6 Å². The first-order valence-corrected chi connectivity index (χ1v) is 10.3. The van der Waals surface area contributed by atoms with Gasteiger partial charge in [0.1, 0.15) is 5.82 Å². The summed E-state index contributed by atoms with van der Waals surface area (Å²) in [6.07, 6.45) is 7.92. The van der Waals surface area contributed by atoms with E-state index in [1.807, 2.05) is 57.3 Å². The van der Waals surface area contributed by atoms with E-state index in [9.17, 15) is 9.18 Å². The molecule has 0 saturated carbocycles. The predicted molar refractivity (Wildman–Crippen MR) is 125 cm³/mol. The third-order valence-corrected chi connectivity index (χ3v) is 5.41. The molecule has 4 aromatic rings. The van der Waals surface area contributed by atoms with Gasteiger partial charge in [0.2, 0.25) is 5.91 Å². The first-order chi connectivity index (χ1) is 15.0. The number of hydrogen-bond acceptors (Lipinski definition) is 2. The summed E-state index contributed by atoms with van der Waals surface area (Å²) in [5.41, 5.74) is 6.67. The average molecular weight is 413 g/mol. The summed E-state index contributed by atoms with van der Waals surface area (Å²) in [7, 11) is 2.00. The van der Waals surface area contributed by atoms with Gasteiger partial charge in [-0.3, -0.25) is 9.78 Å². The lowest BCUT2D eigenvalue weighted by molar-refractivity contribution is -0.115. The van der Waals surface area contributed by atoms with Crippen LogP contribution in [-0.2, 0) is 11.8 Å². The van der Waals surface area contributed by atoms with Crippen LogP contribution >= 0.6 is 0 Å². The molecule has 0 unspecified atom stereocenters. The van der Waals surface area contributed by atoms with Gasteiger partial charge >= 0.3 is 0 Å². The summed E-state index contributed by atoms with van der Waals surface area (Å²) in [5, 5.41) is 4.07. The summed E-state index contributed by atoms with van der Waals surface area (Å²) >= 11 is 0. The number of fused-ring (bicyclic) bond motifs is 1. The summed E-state index contributed by atoms with van der Waals surface area (Å²) in [6.45, 7) is 3.79. The highest BCUT2D eigenvalue weighted by molar-refractivity contribution is 6.10. The average Bonchev–Trinajstić information content (AvgIpc) is 3.09. The fourth-order valence-corrected chi connectivity index (χ4v) is 4.02. The summed E-state index contributed by atoms with van der Waals surface area (Å²) in [6, 6.07) is 14.5. The van der Waals surface area contributed by atoms with Crippen LogP contribution in [-0.4, -0.2) is 15.5 Å². The zero-order chi connectivity index (χ0) is 22.0. The van der Waals surface area contributed by atoms with E-state index in [0.29, 0.717) is 6.42 Å². The second kappa shape index (κ2) is 8.56. The standard InChI is InChI=1S/C26H24FN3O/c1-4-6-20-22(29-23(31)5-2)12-11-21-24(17-13-15-28-16-14-17)25(30(3)26(20)21)18-7-9-19(27)10-8-18/h4,6-16H,5H2,1-3H3,(H,29,31)/b6-4+. The molecule has 0 radical (unpaired) electrons. The molecule has 0 aliphatic heterocycles. The van der Waals surface area contributed by atoms with Gasteiger partial charge in [-0.15, -0.1) is 0 Å². The number of allylic oxidation sites excluding steroid dienone is 1. The van der Waals surface area contributed by atoms with Gasteiger partial charge in [-0.25, -0.2) is 4.39 Å². The summed E-state index contributed by atoms with van der Waals surface area (Å²) in [4.78, 5) is 16.3. The van der Waals surface area contributed by atoms with Gasteiger partial charge in [0.25, 0.3) is 0 Å². The molecule has 4 rings (SSSR count). The first-order valence-electron chi connectivity index (χ1n) is 10.3. The molecule has 0 fully saturated rings. The van der Waals surface area contributed by atoms with Gasteiger partial charge in [0, 0.05) is 42.4 Å². The second-order valence-corrected chi connectivity index (χ2v) is 7.35. The minimum atomic E-state index is -0.271. The quantitative estimate of drug-likeness (QED) is 0.410. The van der Waals surface area contributed by atoms with Crippen LogP contribution in [0.1, 0.15) is 25.8 Å². The second-order valence-electron chi connectivity index (χ2n) is 7.35. The highest BCUT2D eigenvalue weighted by atomic mass is 19.1. The number of aryl methyl sites for hydroxylation is 1. The van der Waals surface area contributed by atoms with Gasteiger partial charge in [-0.2, -0.15) is 0 Å². The number of benzene rings is 2. The van der Waals surface area contributed by atoms with Gasteiger partial charge in [-0.1, -0.05) is 25.1 Å². The third kappa shape index (κ3) is 3.75. The molecule has 156 valence electrons. The fourth-order valence-electron chi connectivity index (χ4n) is 4.02. The van der Waals surface area contributed by atoms with Crippen molar-refractivity contribution < 1.29 is 9.18 Å². The van der Waals surface area contributed by atoms with E-state index in [1.165, 1.54) is 12.1 Å². The highest BCUT2D eigenvalue weighted by Gasteiger charge is 2.21. The minimum Gasteiger partial charge on any atom is -0.343 e. The van der Waals surface area contributed by atoms with Crippen molar-refractivity contribution in [3.8, 4) is 22.4 Å². The Kier molecular flexibility index (Phi) is 5.67. The van der Waals surface area contributed by atoms with Crippen molar-refractivity contribution in [1.82, 2.24) is 9.55 Å². The lowest BCUT2D eigenvalue weighted by Crippen LogP contribution is -2.10. The molecule has 1 N–H and O–H groups in total. The number of pyridine rings is 1. The molecule has 31 heavy (non-hydrogen) atoms. The van der Waals surface area contributed by atoms with Crippen LogP contribution in [0.4, 0.5) is 10.1 Å². The molecule has 0 aliphatic carbocycles. The molecule has 2 heterocycles. The molecule has 4 nitrogen and oxygen atoms in total. The number of aromatic nitrogens is 2. The smallest absolute Gasteiger partial charge is 0.224 e. The number of anilines is 1. The third-order valence-electron chi connectivity index (χ3n) is 5.41. The largest absolute Gasteiger partial charge is 0.343 e. The summed E-state index contributed by atoms with van der Waals surface area (Å²) in [5.74, 6) is -0.306. The number of nitrogens with one attached hydrogen (secondary N) is 1. The Morgan fingerprint density at radius 2 is 1.77 bits per heavy atom. The molecule has 0 atom stereocenters. The summed E-state index contributed by atoms with van der Waals surface area (Å²) < 4.78 is 15.8. The Labute approximate surface area is 181 Å². The number of nitrogens with zero attached hydrogens (tertiary/aromatic N) is 2. The van der Waals surface area contributed by atoms with Gasteiger partial charge in [-0.05, 0) is 60.5 Å². The maximum absolute atomic E-state index is 13.6. The molecular formula is C26H24FN3O. The molecule has 1 amide bonds. The SMILES string of the molecule is C/C=C/c1c(NC(=O)CC)ccc2c(-c3ccncc3)c(-c3ccc(F)cc3)n(C)c12. The van der Waals surface area contributed by atoms with Crippen LogP contribution in [0.15, 0.2) is 67.0 Å². The van der Waals surface area contributed by atoms with Crippen LogP contribution in [0.2, 0.25) is 0 Å². The molecule has 0 aliphatic rings. The van der Waals surface area contributed by atoms with Crippen LogP contribution in [0.3, 0.4) is 0 Å². The van der Waals surface area contributed by atoms with E-state index >= 15 is 0 Å². The van der Waals surface area contributed by atoms with E-state index in [0.717, 1.165) is 44.5 Å². The Hall–Kier alpha value is -3.73. The molecule has 0 spiro atoms. The van der Waals surface area contributed by atoms with Crippen molar-refractivity contribution in [3.63, 3.8) is 0 Å². The highest BCUT2D eigenvalue weighted by Crippen LogP contribution is 2.43. The Morgan fingerprint density at radius 3 is 2.42 bits per heavy atom. The van der Waals surface area contributed by atoms with Crippen LogP contribution in [0.5, 0.6) is 0 Å². The van der Waals surface area contributed by atoms with Crippen LogP contribution in [0, 0.1) is 5.82 Å². The van der Waals surface area contributed by atoms with Crippen molar-refractivity contribution in [1.29, 1.82) is 0 Å². The number of hydrogen-bond donors (Lipinski definition) is 1. The molecular weight excluding hydrogens is 389 g/mol. The predicted octanol–water partition coefficient (Wildman–Crippen LogP) is 6.43. The van der Waals surface area contributed by atoms with Crippen LogP contribution < -0.4 is 5.32 Å². The minimum absolute atomic E-state index is 0.0348. The fraction of sp³-hybridized carbons (Fsp3) is 0.154. The number of carbonyl (C=O) groups excluding carboxylic acids is 1. The van der Waals surface area contributed by atoms with E-state index in [1.54, 1.807) is 24.5 Å². The molecule has 5 heteroatoms. The zero-order valence-corrected chi connectivity index (χ0v) is 17.8. The van der Waals surface area contributed by atoms with Gasteiger partial charge < -0.3 is 9.88 Å². The van der Waals surface area contributed by atoms with Crippen molar-refractivity contribution in [2.75, 3.05) is 5.32 Å². The van der Waals surface area contributed by atoms with E-state index in [4.69, 9.17) is 0 Å². The number of halogens is 1. The number of amides is 1. The Morgan fingerprint density at radius 1 is 1.06 bits per heavy atom. The maximum Gasteiger partial charge on any atom is 0.224 e. The monoisotopic (exact) mass is 413 g/mol. The van der Waals surface area contributed by atoms with Gasteiger partial charge in [0.15, 0.2) is 0 Å². The van der Waals surface area contributed by atoms with Gasteiger partial charge in [0.05, 0.1) is 16.9 Å². The lowest BCUT2D eigenvalue weighted by atomic mass is 9.97. The van der Waals surface area contributed by atoms with E-state index in [-0.39, 0.29) is 11.7 Å². The molecule has 2 aromatic heterocycles. The number of rotatable bonds is 5. The Balaban J connectivity index is 2.10. The van der Waals surface area contributed by atoms with E-state index in [2.05, 4.69) is 14.9 Å². The van der Waals surface area contributed by atoms with Crippen molar-refractivity contribution in [2.24, 2.45) is 7.05 Å². The zero-order valence-electron chi connectivity index (χ0n) is 17.8. The maximum atomic E-state index is 13.6. The molecule has 2 aromatic carbocycles. The van der Waals surface area contributed by atoms with E-state index < -0.39 is 0 Å². The molecule has 0 saturated heterocycles. The first kappa shape index (κ1) is 20.5. The van der Waals surface area contributed by atoms with Crippen molar-refractivity contribution in [2.45, 2.75) is 20.3 Å². The number of carbonyl (C=O) groups is 1. The lowest BCUT2D eigenvalue weighted by Gasteiger charge is -2.12. The van der Waals surface area contributed by atoms with Crippen molar-refractivity contribution in [3.05, 3.63) is 78.4 Å². The molecule has 0 bridgehead atoms.